The molecule has 2 atom stereocenters. The van der Waals surface area contributed by atoms with Gasteiger partial charge in [-0.2, -0.15) is 11.8 Å². The smallest absolute Gasteiger partial charge is 0.0608 e. The Labute approximate surface area is 72.5 Å². The maximum atomic E-state index is 8.92. The monoisotopic (exact) mass is 175 g/mol. The molecular formula is C8H17NOS. The Morgan fingerprint density at radius 1 is 1.73 bits per heavy atom. The first kappa shape index (κ1) is 9.36. The van der Waals surface area contributed by atoms with Crippen LogP contribution in [-0.2, 0) is 0 Å². The predicted molar refractivity (Wildman–Crippen MR) is 49.7 cm³/mol. The Morgan fingerprint density at radius 3 is 2.91 bits per heavy atom. The van der Waals surface area contributed by atoms with Gasteiger partial charge in [0.15, 0.2) is 0 Å². The van der Waals surface area contributed by atoms with Gasteiger partial charge in [0, 0.05) is 5.54 Å². The Morgan fingerprint density at radius 2 is 2.45 bits per heavy atom. The summed E-state index contributed by atoms with van der Waals surface area (Å²) in [7, 11) is 0. The van der Waals surface area contributed by atoms with Gasteiger partial charge in [-0.25, -0.2) is 0 Å². The third kappa shape index (κ3) is 3.01. The zero-order chi connectivity index (χ0) is 8.32. The second-order valence-electron chi connectivity index (χ2n) is 3.75. The number of rotatable bonds is 3. The molecule has 0 aromatic rings. The summed E-state index contributed by atoms with van der Waals surface area (Å²) in [4.78, 5) is 0. The Kier molecular flexibility index (Phi) is 3.22. The lowest BCUT2D eigenvalue weighted by molar-refractivity contribution is 0.185. The highest BCUT2D eigenvalue weighted by molar-refractivity contribution is 7.99. The average molecular weight is 175 g/mol. The Hall–Kier alpha value is 0.270. The fourth-order valence-corrected chi connectivity index (χ4v) is 2.75. The summed E-state index contributed by atoms with van der Waals surface area (Å²) in [5.74, 6) is 3.24. The van der Waals surface area contributed by atoms with Crippen LogP contribution < -0.4 is 5.73 Å². The molecule has 1 aliphatic rings. The van der Waals surface area contributed by atoms with E-state index >= 15 is 0 Å². The standard InChI is InChI=1S/C8H17NOS/c1-8(9,6-10)4-7-2-3-11-5-7/h7,10H,2-6,9H2,1H3. The molecular weight excluding hydrogens is 158 g/mol. The van der Waals surface area contributed by atoms with Crippen molar-refractivity contribution in [2.45, 2.75) is 25.3 Å². The van der Waals surface area contributed by atoms with Gasteiger partial charge >= 0.3 is 0 Å². The van der Waals surface area contributed by atoms with Gasteiger partial charge in [-0.3, -0.25) is 0 Å². The Bertz CT molecular complexity index is 121. The highest BCUT2D eigenvalue weighted by Crippen LogP contribution is 2.29. The van der Waals surface area contributed by atoms with E-state index in [1.54, 1.807) is 0 Å². The maximum absolute atomic E-state index is 8.92. The minimum Gasteiger partial charge on any atom is -0.394 e. The van der Waals surface area contributed by atoms with Crippen molar-refractivity contribution in [3.63, 3.8) is 0 Å². The Balaban J connectivity index is 2.28. The first-order valence-corrected chi connectivity index (χ1v) is 5.27. The number of aliphatic hydroxyl groups is 1. The minimum absolute atomic E-state index is 0.105. The van der Waals surface area contributed by atoms with E-state index in [4.69, 9.17) is 10.8 Å². The van der Waals surface area contributed by atoms with Crippen molar-refractivity contribution in [2.75, 3.05) is 18.1 Å². The van der Waals surface area contributed by atoms with Crippen molar-refractivity contribution in [1.82, 2.24) is 0 Å². The van der Waals surface area contributed by atoms with Gasteiger partial charge in [-0.1, -0.05) is 0 Å². The van der Waals surface area contributed by atoms with Crippen LogP contribution in [0.5, 0.6) is 0 Å². The molecule has 1 rings (SSSR count). The number of thioether (sulfide) groups is 1. The van der Waals surface area contributed by atoms with Gasteiger partial charge in [-0.05, 0) is 37.2 Å². The maximum Gasteiger partial charge on any atom is 0.0608 e. The molecule has 1 fully saturated rings. The fourth-order valence-electron chi connectivity index (χ4n) is 1.47. The third-order valence-corrected chi connectivity index (χ3v) is 3.37. The molecule has 1 saturated heterocycles. The molecule has 0 aromatic heterocycles. The molecule has 3 heteroatoms. The van der Waals surface area contributed by atoms with Crippen molar-refractivity contribution >= 4 is 11.8 Å². The SMILES string of the molecule is CC(N)(CO)CC1CCSC1. The average Bonchev–Trinajstić information content (AvgIpc) is 2.39. The molecule has 0 amide bonds. The predicted octanol–water partition coefficient (Wildman–Crippen LogP) is 0.839. The van der Waals surface area contributed by atoms with Gasteiger partial charge in [0.25, 0.3) is 0 Å². The van der Waals surface area contributed by atoms with E-state index in [0.29, 0.717) is 0 Å². The van der Waals surface area contributed by atoms with E-state index < -0.39 is 0 Å². The molecule has 1 aliphatic heterocycles. The molecule has 1 heterocycles. The summed E-state index contributed by atoms with van der Waals surface area (Å²) in [6.07, 6.45) is 2.24. The molecule has 3 N–H and O–H groups in total. The van der Waals surface area contributed by atoms with Crippen LogP contribution in [0.25, 0.3) is 0 Å². The summed E-state index contributed by atoms with van der Waals surface area (Å²) in [6.45, 7) is 2.03. The quantitative estimate of drug-likeness (QED) is 0.668. The van der Waals surface area contributed by atoms with Gasteiger partial charge in [0.05, 0.1) is 6.61 Å². The van der Waals surface area contributed by atoms with Gasteiger partial charge in [0.1, 0.15) is 0 Å². The summed E-state index contributed by atoms with van der Waals surface area (Å²) in [5, 5.41) is 8.92. The van der Waals surface area contributed by atoms with E-state index in [0.717, 1.165) is 12.3 Å². The number of nitrogens with two attached hydrogens (primary N) is 1. The number of hydrogen-bond donors (Lipinski definition) is 2. The molecule has 0 aliphatic carbocycles. The van der Waals surface area contributed by atoms with Gasteiger partial charge in [0.2, 0.25) is 0 Å². The van der Waals surface area contributed by atoms with Crippen molar-refractivity contribution in [1.29, 1.82) is 0 Å². The summed E-state index contributed by atoms with van der Waals surface area (Å²) in [5.41, 5.74) is 5.48. The lowest BCUT2D eigenvalue weighted by Gasteiger charge is -2.24. The van der Waals surface area contributed by atoms with E-state index in [1.807, 2.05) is 18.7 Å². The largest absolute Gasteiger partial charge is 0.394 e. The van der Waals surface area contributed by atoms with Crippen molar-refractivity contribution in [3.8, 4) is 0 Å². The third-order valence-electron chi connectivity index (χ3n) is 2.14. The first-order chi connectivity index (χ1) is 5.14. The van der Waals surface area contributed by atoms with Crippen molar-refractivity contribution in [3.05, 3.63) is 0 Å². The van der Waals surface area contributed by atoms with Crippen molar-refractivity contribution < 1.29 is 5.11 Å². The number of hydrogen-bond acceptors (Lipinski definition) is 3. The number of aliphatic hydroxyl groups excluding tert-OH is 1. The molecule has 66 valence electrons. The molecule has 0 bridgehead atoms. The van der Waals surface area contributed by atoms with Crippen molar-refractivity contribution in [2.24, 2.45) is 11.7 Å². The topological polar surface area (TPSA) is 46.2 Å². The lowest BCUT2D eigenvalue weighted by atomic mass is 9.90. The van der Waals surface area contributed by atoms with E-state index in [-0.39, 0.29) is 12.1 Å². The van der Waals surface area contributed by atoms with Crippen LogP contribution in [0.2, 0.25) is 0 Å². The first-order valence-electron chi connectivity index (χ1n) is 4.11. The highest BCUT2D eigenvalue weighted by Gasteiger charge is 2.25. The normalized spacial score (nSPS) is 30.3. The summed E-state index contributed by atoms with van der Waals surface area (Å²) < 4.78 is 0. The van der Waals surface area contributed by atoms with Crippen LogP contribution in [0, 0.1) is 5.92 Å². The molecule has 2 unspecified atom stereocenters. The van der Waals surface area contributed by atoms with Gasteiger partial charge < -0.3 is 10.8 Å². The molecule has 0 saturated carbocycles. The molecule has 0 aromatic carbocycles. The van der Waals surface area contributed by atoms with E-state index in [9.17, 15) is 0 Å². The molecule has 0 spiro atoms. The lowest BCUT2D eigenvalue weighted by Crippen LogP contribution is -2.42. The second-order valence-corrected chi connectivity index (χ2v) is 4.90. The van der Waals surface area contributed by atoms with Crippen LogP contribution in [0.4, 0.5) is 0 Å². The van der Waals surface area contributed by atoms with E-state index in [1.165, 1.54) is 17.9 Å². The highest BCUT2D eigenvalue weighted by atomic mass is 32.2. The molecule has 11 heavy (non-hydrogen) atoms. The minimum atomic E-state index is -0.352. The molecule has 2 nitrogen and oxygen atoms in total. The summed E-state index contributed by atoms with van der Waals surface area (Å²) in [6, 6.07) is 0. The van der Waals surface area contributed by atoms with Crippen LogP contribution in [0.1, 0.15) is 19.8 Å². The van der Waals surface area contributed by atoms with Crippen LogP contribution in [0.15, 0.2) is 0 Å². The van der Waals surface area contributed by atoms with Gasteiger partial charge in [-0.15, -0.1) is 0 Å². The zero-order valence-corrected chi connectivity index (χ0v) is 7.86. The van der Waals surface area contributed by atoms with Crippen LogP contribution in [0.3, 0.4) is 0 Å². The molecule has 0 radical (unpaired) electrons. The van der Waals surface area contributed by atoms with E-state index in [2.05, 4.69) is 0 Å². The zero-order valence-electron chi connectivity index (χ0n) is 7.05. The van der Waals surface area contributed by atoms with Crippen LogP contribution >= 0.6 is 11.8 Å². The fraction of sp³-hybridized carbons (Fsp3) is 1.00. The summed E-state index contributed by atoms with van der Waals surface area (Å²) >= 11 is 2.00. The van der Waals surface area contributed by atoms with Crippen LogP contribution in [-0.4, -0.2) is 28.8 Å². The second kappa shape index (κ2) is 3.78.